The third-order valence-corrected chi connectivity index (χ3v) is 4.28. The molecule has 1 aromatic rings. The van der Waals surface area contributed by atoms with Crippen molar-refractivity contribution in [2.24, 2.45) is 0 Å². The van der Waals surface area contributed by atoms with Crippen LogP contribution in [0.25, 0.3) is 0 Å². The lowest BCUT2D eigenvalue weighted by molar-refractivity contribution is -0.0102. The summed E-state index contributed by atoms with van der Waals surface area (Å²) in [5, 5.41) is 9.39. The summed E-state index contributed by atoms with van der Waals surface area (Å²) in [6.07, 6.45) is 2.63. The molecular weight excluding hydrogens is 278 g/mol. The van der Waals surface area contributed by atoms with Crippen LogP contribution in [-0.2, 0) is 12.8 Å². The van der Waals surface area contributed by atoms with Crippen LogP contribution in [-0.4, -0.2) is 35.1 Å². The average molecular weight is 296 g/mol. The van der Waals surface area contributed by atoms with Crippen LogP contribution in [0.15, 0.2) is 6.07 Å². The maximum Gasteiger partial charge on any atom is 0.339 e. The first-order valence-electron chi connectivity index (χ1n) is 7.35. The number of fused-ring (bicyclic) bond motifs is 1. The number of anilines is 1. The Labute approximate surface area is 121 Å². The van der Waals surface area contributed by atoms with Crippen LogP contribution in [0.4, 0.5) is 14.6 Å². The zero-order chi connectivity index (χ0) is 15.0. The van der Waals surface area contributed by atoms with Crippen LogP contribution in [0, 0.1) is 0 Å². The number of pyridine rings is 1. The Morgan fingerprint density at radius 2 is 2.05 bits per heavy atom. The van der Waals surface area contributed by atoms with Gasteiger partial charge >= 0.3 is 5.97 Å². The van der Waals surface area contributed by atoms with Crippen LogP contribution in [0.1, 0.15) is 47.3 Å². The largest absolute Gasteiger partial charge is 0.478 e. The Morgan fingerprint density at radius 1 is 1.24 bits per heavy atom. The number of nitrogens with zero attached hydrogens (tertiary/aromatic N) is 2. The predicted octanol–water partition coefficient (Wildman–Crippen LogP) is 2.89. The minimum atomic E-state index is -2.66. The number of aryl methyl sites for hydroxylation is 2. The molecule has 1 fully saturated rings. The van der Waals surface area contributed by atoms with E-state index in [1.165, 1.54) is 0 Å². The van der Waals surface area contributed by atoms with E-state index in [0.717, 1.165) is 30.5 Å². The number of aromatic carboxylic acids is 1. The average Bonchev–Trinajstić information content (AvgIpc) is 2.80. The quantitative estimate of drug-likeness (QED) is 0.911. The van der Waals surface area contributed by atoms with Gasteiger partial charge in [0.1, 0.15) is 11.4 Å². The number of aromatic nitrogens is 1. The lowest BCUT2D eigenvalue weighted by Gasteiger charge is -2.24. The first-order valence-corrected chi connectivity index (χ1v) is 7.35. The fourth-order valence-corrected chi connectivity index (χ4v) is 3.14. The fraction of sp³-hybridized carbons (Fsp3) is 0.600. The van der Waals surface area contributed by atoms with Gasteiger partial charge in [0.15, 0.2) is 0 Å². The van der Waals surface area contributed by atoms with E-state index in [-0.39, 0.29) is 24.9 Å². The lowest BCUT2D eigenvalue weighted by atomic mass is 10.1. The molecule has 114 valence electrons. The standard InChI is InChI=1S/C15H18F2N2O2/c16-15(17)5-2-7-19(8-6-15)13-11(14(20)21)9-10-3-1-4-12(10)18-13/h9H,1-8H2,(H,20,21). The number of alkyl halides is 2. The molecule has 1 aromatic heterocycles. The second kappa shape index (κ2) is 5.24. The van der Waals surface area contributed by atoms with Gasteiger partial charge < -0.3 is 10.0 Å². The van der Waals surface area contributed by atoms with Crippen molar-refractivity contribution < 1.29 is 18.7 Å². The van der Waals surface area contributed by atoms with Gasteiger partial charge in [0, 0.05) is 31.6 Å². The predicted molar refractivity (Wildman–Crippen MR) is 74.2 cm³/mol. The molecule has 21 heavy (non-hydrogen) atoms. The van der Waals surface area contributed by atoms with E-state index in [1.54, 1.807) is 11.0 Å². The summed E-state index contributed by atoms with van der Waals surface area (Å²) >= 11 is 0. The van der Waals surface area contributed by atoms with Crippen molar-refractivity contribution in [2.75, 3.05) is 18.0 Å². The maximum absolute atomic E-state index is 13.5. The summed E-state index contributed by atoms with van der Waals surface area (Å²) in [6.45, 7) is 0.584. The van der Waals surface area contributed by atoms with E-state index in [9.17, 15) is 18.7 Å². The molecule has 1 aliphatic carbocycles. The number of carbonyl (C=O) groups is 1. The van der Waals surface area contributed by atoms with Crippen LogP contribution >= 0.6 is 0 Å². The van der Waals surface area contributed by atoms with Crippen molar-refractivity contribution in [1.82, 2.24) is 4.98 Å². The van der Waals surface area contributed by atoms with Crippen LogP contribution in [0.2, 0.25) is 0 Å². The van der Waals surface area contributed by atoms with Crippen molar-refractivity contribution in [2.45, 2.75) is 44.4 Å². The molecule has 4 nitrogen and oxygen atoms in total. The molecule has 0 aromatic carbocycles. The maximum atomic E-state index is 13.5. The summed E-state index contributed by atoms with van der Waals surface area (Å²) < 4.78 is 26.9. The Kier molecular flexibility index (Phi) is 3.55. The number of carboxylic acid groups (broad SMARTS) is 1. The van der Waals surface area contributed by atoms with Crippen molar-refractivity contribution in [3.63, 3.8) is 0 Å². The Bertz CT molecular complexity index is 575. The molecular formula is C15H18F2N2O2. The van der Waals surface area contributed by atoms with E-state index in [1.807, 2.05) is 0 Å². The second-order valence-corrected chi connectivity index (χ2v) is 5.82. The molecule has 0 radical (unpaired) electrons. The molecule has 1 saturated heterocycles. The molecule has 1 aliphatic heterocycles. The highest BCUT2D eigenvalue weighted by Gasteiger charge is 2.33. The number of hydrogen-bond acceptors (Lipinski definition) is 3. The molecule has 0 saturated carbocycles. The topological polar surface area (TPSA) is 53.4 Å². The van der Waals surface area contributed by atoms with E-state index in [4.69, 9.17) is 0 Å². The summed E-state index contributed by atoms with van der Waals surface area (Å²) in [5.74, 6) is -3.33. The molecule has 0 unspecified atom stereocenters. The Morgan fingerprint density at radius 3 is 2.81 bits per heavy atom. The van der Waals surface area contributed by atoms with Crippen molar-refractivity contribution in [3.05, 3.63) is 22.9 Å². The van der Waals surface area contributed by atoms with E-state index < -0.39 is 11.9 Å². The highest BCUT2D eigenvalue weighted by molar-refractivity contribution is 5.93. The normalized spacial score (nSPS) is 21.0. The second-order valence-electron chi connectivity index (χ2n) is 5.82. The summed E-state index contributed by atoms with van der Waals surface area (Å²) in [6, 6.07) is 1.68. The van der Waals surface area contributed by atoms with Crippen molar-refractivity contribution in [1.29, 1.82) is 0 Å². The van der Waals surface area contributed by atoms with Gasteiger partial charge in [-0.05, 0) is 37.3 Å². The Balaban J connectivity index is 1.95. The van der Waals surface area contributed by atoms with Gasteiger partial charge in [0.05, 0.1) is 0 Å². The van der Waals surface area contributed by atoms with Crippen molar-refractivity contribution in [3.8, 4) is 0 Å². The third kappa shape index (κ3) is 2.84. The Hall–Kier alpha value is -1.72. The minimum absolute atomic E-state index is 0.140. The summed E-state index contributed by atoms with van der Waals surface area (Å²) in [7, 11) is 0. The van der Waals surface area contributed by atoms with Gasteiger partial charge in [-0.25, -0.2) is 18.6 Å². The highest BCUT2D eigenvalue weighted by Crippen LogP contribution is 2.32. The molecule has 2 aliphatic rings. The van der Waals surface area contributed by atoms with E-state index >= 15 is 0 Å². The SMILES string of the molecule is O=C(O)c1cc2c(nc1N1CCCC(F)(F)CC1)CCC2. The van der Waals surface area contributed by atoms with Gasteiger partial charge in [-0.15, -0.1) is 0 Å². The van der Waals surface area contributed by atoms with Gasteiger partial charge in [0.25, 0.3) is 0 Å². The van der Waals surface area contributed by atoms with Gasteiger partial charge in [-0.2, -0.15) is 0 Å². The first kappa shape index (κ1) is 14.2. The lowest BCUT2D eigenvalue weighted by Crippen LogP contribution is -2.28. The molecule has 2 heterocycles. The monoisotopic (exact) mass is 296 g/mol. The molecule has 3 rings (SSSR count). The number of rotatable bonds is 2. The number of carboxylic acids is 1. The molecule has 6 heteroatoms. The highest BCUT2D eigenvalue weighted by atomic mass is 19.3. The van der Waals surface area contributed by atoms with Gasteiger partial charge in [-0.3, -0.25) is 0 Å². The number of halogens is 2. The third-order valence-electron chi connectivity index (χ3n) is 4.28. The fourth-order valence-electron chi connectivity index (χ4n) is 3.14. The summed E-state index contributed by atoms with van der Waals surface area (Å²) in [4.78, 5) is 17.7. The molecule has 0 bridgehead atoms. The van der Waals surface area contributed by atoms with Gasteiger partial charge in [-0.1, -0.05) is 0 Å². The smallest absolute Gasteiger partial charge is 0.339 e. The molecule has 1 N–H and O–H groups in total. The summed E-state index contributed by atoms with van der Waals surface area (Å²) in [5.41, 5.74) is 2.04. The van der Waals surface area contributed by atoms with Crippen LogP contribution in [0.5, 0.6) is 0 Å². The van der Waals surface area contributed by atoms with Gasteiger partial charge in [0.2, 0.25) is 5.92 Å². The van der Waals surface area contributed by atoms with E-state index in [0.29, 0.717) is 18.8 Å². The van der Waals surface area contributed by atoms with Crippen molar-refractivity contribution >= 4 is 11.8 Å². The van der Waals surface area contributed by atoms with E-state index in [2.05, 4.69) is 4.98 Å². The zero-order valence-corrected chi connectivity index (χ0v) is 11.7. The molecule has 0 amide bonds. The number of hydrogen-bond donors (Lipinski definition) is 1. The van der Waals surface area contributed by atoms with Crippen LogP contribution in [0.3, 0.4) is 0 Å². The van der Waals surface area contributed by atoms with Crippen LogP contribution < -0.4 is 4.90 Å². The molecule has 0 spiro atoms. The minimum Gasteiger partial charge on any atom is -0.478 e. The zero-order valence-electron chi connectivity index (χ0n) is 11.7. The molecule has 0 atom stereocenters. The first-order chi connectivity index (χ1) is 9.96.